The third-order valence-electron chi connectivity index (χ3n) is 0. The fourth-order valence-electron chi connectivity index (χ4n) is 0. The van der Waals surface area contributed by atoms with Crippen LogP contribution in [0.4, 0.5) is 0 Å². The molecule has 0 radical (unpaired) electrons. The maximum Gasteiger partial charge on any atom is 3.00 e. The molecule has 0 fully saturated rings. The maximum absolute atomic E-state index is 0. The Morgan fingerprint density at radius 1 is 0.300 bits per heavy atom. The quantitative estimate of drug-likeness (QED) is 0.311. The van der Waals surface area contributed by atoms with Gasteiger partial charge in [-0.2, -0.15) is 0 Å². The van der Waals surface area contributed by atoms with Crippen molar-refractivity contribution in [2.75, 3.05) is 0 Å². The second-order valence-electron chi connectivity index (χ2n) is 0. The molecule has 0 aromatic heterocycles. The molecule has 0 N–H and O–H groups in total. The Kier molecular flexibility index (Phi) is 1410. The van der Waals surface area contributed by atoms with Gasteiger partial charge in [0.1, 0.15) is 0 Å². The maximum atomic E-state index is 0. The molecule has 0 aliphatic carbocycles. The summed E-state index contributed by atoms with van der Waals surface area (Å²) in [6.45, 7) is 0. The van der Waals surface area contributed by atoms with E-state index in [0.717, 1.165) is 0 Å². The van der Waals surface area contributed by atoms with E-state index in [-0.39, 0.29) is 160 Å². The van der Waals surface area contributed by atoms with Gasteiger partial charge in [0.2, 0.25) is 0 Å². The van der Waals surface area contributed by atoms with Crippen molar-refractivity contribution in [1.29, 1.82) is 0 Å². The van der Waals surface area contributed by atoms with Crippen LogP contribution < -0.4 is 0 Å². The molecule has 0 aromatic rings. The third kappa shape index (κ3) is 83.1. The molecule has 0 saturated heterocycles. The summed E-state index contributed by atoms with van der Waals surface area (Å²) in [4.78, 5) is 0. The van der Waals surface area contributed by atoms with Gasteiger partial charge in [-0.3, -0.25) is 0 Å². The topological polar surface area (TPSA) is 85.5 Å². The largest absolute Gasteiger partial charge is 3.00 e. The molecular weight excluding hydrogens is 603 g/mol. The Labute approximate surface area is 157 Å². The van der Waals surface area contributed by atoms with Crippen molar-refractivity contribution in [1.82, 2.24) is 0 Å². The number of hydrogen-bond donors (Lipinski definition) is 0. The molecule has 0 aromatic carbocycles. The first-order valence-corrected chi connectivity index (χ1v) is 0. The van der Waals surface area contributed by atoms with Crippen LogP contribution in [0.25, 0.3) is 0 Å². The summed E-state index contributed by atoms with van der Waals surface area (Å²) >= 11 is 0. The van der Waals surface area contributed by atoms with Gasteiger partial charge in [0, 0.05) is 0 Å². The van der Waals surface area contributed by atoms with Gasteiger partial charge >= 0.3 is 103 Å². The van der Waals surface area contributed by atoms with Crippen molar-refractivity contribution in [2.24, 2.45) is 0 Å². The summed E-state index contributed by atoms with van der Waals surface area (Å²) in [5.41, 5.74) is 0. The van der Waals surface area contributed by atoms with E-state index >= 15 is 0 Å². The molecule has 0 atom stereocenters. The van der Waals surface area contributed by atoms with E-state index in [1.54, 1.807) is 0 Å². The van der Waals surface area contributed by atoms with Crippen LogP contribution in [0, 0.1) is 0 Å². The number of hydrogen-bond acceptors (Lipinski definition) is 0. The Hall–Kier alpha value is 4.41. The minimum absolute atomic E-state index is 0. The van der Waals surface area contributed by atoms with E-state index in [1.807, 2.05) is 0 Å². The van der Waals surface area contributed by atoms with Crippen LogP contribution in [0.2, 0.25) is 0 Å². The average molecular weight is 603 g/mol. The predicted octanol–water partition coefficient (Wildman–Crippen LogP) is -1.89. The van der Waals surface area contributed by atoms with Crippen LogP contribution in [0.5, 0.6) is 0 Å². The summed E-state index contributed by atoms with van der Waals surface area (Å²) in [6.07, 6.45) is 0. The van der Waals surface area contributed by atoms with E-state index < -0.39 is 0 Å². The molecule has 3 nitrogen and oxygen atoms in total. The first kappa shape index (κ1) is 133. The van der Waals surface area contributed by atoms with Crippen molar-refractivity contribution in [3.8, 4) is 0 Å². The molecule has 48 valence electrons. The zero-order valence-electron chi connectivity index (χ0n) is 4.76. The van der Waals surface area contributed by atoms with Crippen molar-refractivity contribution < 1.29 is 16.4 Å². The van der Waals surface area contributed by atoms with Crippen LogP contribution >= 0.6 is 0 Å². The molecular formula is In4O3S3. The Bertz CT molecular complexity index is 15.7. The first-order valence-electron chi connectivity index (χ1n) is 0. The van der Waals surface area contributed by atoms with Gasteiger partial charge in [-0.15, -0.1) is 0 Å². The summed E-state index contributed by atoms with van der Waals surface area (Å²) in [6, 6.07) is 0. The van der Waals surface area contributed by atoms with E-state index in [9.17, 15) is 0 Å². The standard InChI is InChI=1S/4In.3O.3S/q4*+3;6*-2. The zero-order chi connectivity index (χ0) is 0. The summed E-state index contributed by atoms with van der Waals surface area (Å²) < 4.78 is 0. The molecule has 10 heavy (non-hydrogen) atoms. The molecule has 0 saturated carbocycles. The van der Waals surface area contributed by atoms with Gasteiger partial charge in [0.15, 0.2) is 0 Å². The SMILES string of the molecule is [In+3].[In+3].[In+3].[In+3].[O-2].[O-2].[O-2].[S-2].[S-2].[S-2]. The smallest absolute Gasteiger partial charge is 2.00 e. The van der Waals surface area contributed by atoms with E-state index in [0.29, 0.717) is 0 Å². The van der Waals surface area contributed by atoms with Crippen LogP contribution in [0.3, 0.4) is 0 Å². The summed E-state index contributed by atoms with van der Waals surface area (Å²) in [5.74, 6) is 0. The molecule has 0 spiro atoms. The van der Waals surface area contributed by atoms with Gasteiger partial charge in [0.05, 0.1) is 0 Å². The molecule has 0 unspecified atom stereocenters. The molecule has 0 rings (SSSR count). The second-order valence-corrected chi connectivity index (χ2v) is 0. The first-order chi connectivity index (χ1) is 0. The molecule has 0 heterocycles. The van der Waals surface area contributed by atoms with Crippen molar-refractivity contribution >= 4 is 144 Å². The minimum Gasteiger partial charge on any atom is -2.00 e. The average Bonchev–Trinajstić information content (AvgIpc) is 0. The van der Waals surface area contributed by atoms with E-state index in [4.69, 9.17) is 0 Å². The van der Waals surface area contributed by atoms with Gasteiger partial charge in [0.25, 0.3) is 0 Å². The molecule has 0 aliphatic rings. The van der Waals surface area contributed by atoms with Crippen molar-refractivity contribution in [2.45, 2.75) is 0 Å². The van der Waals surface area contributed by atoms with E-state index in [2.05, 4.69) is 0 Å². The van der Waals surface area contributed by atoms with Gasteiger partial charge in [-0.25, -0.2) is 0 Å². The fourth-order valence-corrected chi connectivity index (χ4v) is 0. The summed E-state index contributed by atoms with van der Waals surface area (Å²) in [5, 5.41) is 0. The normalized spacial score (nSPS) is 0. The van der Waals surface area contributed by atoms with Crippen LogP contribution in [-0.4, -0.2) is 103 Å². The molecule has 0 aliphatic heterocycles. The van der Waals surface area contributed by atoms with Crippen LogP contribution in [0.15, 0.2) is 0 Å². The monoisotopic (exact) mass is 604 g/mol. The van der Waals surface area contributed by atoms with Gasteiger partial charge in [-0.05, 0) is 0 Å². The van der Waals surface area contributed by atoms with Gasteiger partial charge < -0.3 is 56.9 Å². The molecule has 0 bridgehead atoms. The molecule has 0 amide bonds. The Balaban J connectivity index is 0. The second kappa shape index (κ2) is 106. The Morgan fingerprint density at radius 2 is 0.300 bits per heavy atom. The van der Waals surface area contributed by atoms with Gasteiger partial charge in [-0.1, -0.05) is 0 Å². The molecule has 10 heteroatoms. The summed E-state index contributed by atoms with van der Waals surface area (Å²) in [7, 11) is 0. The zero-order valence-corrected chi connectivity index (χ0v) is 20.4. The Morgan fingerprint density at radius 3 is 0.300 bits per heavy atom. The van der Waals surface area contributed by atoms with Crippen LogP contribution in [0.1, 0.15) is 0 Å². The predicted molar refractivity (Wildman–Crippen MR) is 47.2 cm³/mol. The third-order valence-corrected chi connectivity index (χ3v) is 0. The van der Waals surface area contributed by atoms with Crippen molar-refractivity contribution in [3.05, 3.63) is 0 Å². The van der Waals surface area contributed by atoms with E-state index in [1.165, 1.54) is 0 Å². The van der Waals surface area contributed by atoms with Crippen molar-refractivity contribution in [3.63, 3.8) is 0 Å². The fraction of sp³-hybridized carbons (Fsp3) is 0. The number of rotatable bonds is 0. The minimum atomic E-state index is 0. The van der Waals surface area contributed by atoms with Crippen LogP contribution in [-0.2, 0) is 56.9 Å².